The van der Waals surface area contributed by atoms with Crippen molar-refractivity contribution in [3.05, 3.63) is 24.2 Å². The molecule has 0 aromatic carbocycles. The topological polar surface area (TPSA) is 24.4 Å². The molecule has 2 heteroatoms. The highest BCUT2D eigenvalue weighted by molar-refractivity contribution is 5.14. The summed E-state index contributed by atoms with van der Waals surface area (Å²) in [4.78, 5) is 0. The summed E-state index contributed by atoms with van der Waals surface area (Å²) in [6, 6.07) is 3.58. The first-order chi connectivity index (χ1) is 3.93. The molecule has 0 spiro atoms. The number of hydrogen-bond acceptors (Lipinski definition) is 1. The molecule has 42 valence electrons. The molecule has 1 aromatic heterocycles. The van der Waals surface area contributed by atoms with Crippen molar-refractivity contribution < 1.29 is 8.84 Å². The second-order valence-corrected chi connectivity index (χ2v) is 1.39. The van der Waals surface area contributed by atoms with Gasteiger partial charge in [0.15, 0.2) is 5.76 Å². The molecule has 0 saturated carbocycles. The van der Waals surface area contributed by atoms with Crippen molar-refractivity contribution in [2.45, 2.75) is 6.61 Å². The maximum atomic E-state index is 4.87. The summed E-state index contributed by atoms with van der Waals surface area (Å²) in [5.74, 6) is 0.743. The first-order valence-electron chi connectivity index (χ1n) is 2.27. The van der Waals surface area contributed by atoms with Crippen LogP contribution in [0.4, 0.5) is 0 Å². The van der Waals surface area contributed by atoms with E-state index in [-0.39, 0.29) is 0 Å². The maximum absolute atomic E-state index is 4.87. The van der Waals surface area contributed by atoms with Crippen LogP contribution in [0.5, 0.6) is 0 Å². The Morgan fingerprint density at radius 2 is 2.62 bits per heavy atom. The third-order valence-corrected chi connectivity index (χ3v) is 0.806. The molecule has 8 heavy (non-hydrogen) atoms. The van der Waals surface area contributed by atoms with Crippen LogP contribution >= 0.6 is 0 Å². The Balaban J connectivity index is 2.62. The molecule has 0 bridgehead atoms. The summed E-state index contributed by atoms with van der Waals surface area (Å²) in [7, 11) is 0. The van der Waals surface area contributed by atoms with Crippen molar-refractivity contribution in [3.8, 4) is 0 Å². The summed E-state index contributed by atoms with van der Waals surface area (Å²) in [6.45, 7) is 5.10. The van der Waals surface area contributed by atoms with Gasteiger partial charge >= 0.3 is 0 Å². The monoisotopic (exact) mass is 110 g/mol. The predicted octanol–water partition coefficient (Wildman–Crippen LogP) is 1.05. The van der Waals surface area contributed by atoms with Gasteiger partial charge < -0.3 is 8.84 Å². The van der Waals surface area contributed by atoms with Gasteiger partial charge in [0.1, 0.15) is 0 Å². The molecule has 0 unspecified atom stereocenters. The van der Waals surface area contributed by atoms with Gasteiger partial charge in [-0.25, -0.2) is 0 Å². The average Bonchev–Trinajstić information content (AvgIpc) is 2.19. The molecule has 0 fully saturated rings. The minimum Gasteiger partial charge on any atom is -0.460 e. The van der Waals surface area contributed by atoms with E-state index in [9.17, 15) is 0 Å². The molecule has 0 atom stereocenters. The third-order valence-electron chi connectivity index (χ3n) is 0.806. The second kappa shape index (κ2) is 2.31. The normalized spacial score (nSPS) is 9.00. The highest BCUT2D eigenvalue weighted by Gasteiger charge is 1.93. The molecule has 0 saturated heterocycles. The summed E-state index contributed by atoms with van der Waals surface area (Å²) in [5.41, 5.74) is 0. The standard InChI is InChI=1S/C6H6O2/c1-7-5-6-3-2-4-8-6/h1-4H,5H2. The summed E-state index contributed by atoms with van der Waals surface area (Å²) >= 11 is 0. The fraction of sp³-hybridized carbons (Fsp3) is 0.167. The first kappa shape index (κ1) is 5.09. The van der Waals surface area contributed by atoms with E-state index in [1.54, 1.807) is 18.4 Å². The lowest BCUT2D eigenvalue weighted by Gasteiger charge is -1.78. The first-order valence-corrected chi connectivity index (χ1v) is 2.27. The zero-order chi connectivity index (χ0) is 5.82. The highest BCUT2D eigenvalue weighted by atomic mass is 16.4. The van der Waals surface area contributed by atoms with Gasteiger partial charge in [0, 0.05) is 0 Å². The van der Waals surface area contributed by atoms with E-state index < -0.39 is 0 Å². The van der Waals surface area contributed by atoms with E-state index in [4.69, 9.17) is 11.2 Å². The average molecular weight is 110 g/mol. The third kappa shape index (κ3) is 0.964. The Labute approximate surface area is 47.4 Å². The molecule has 0 N–H and O–H groups in total. The van der Waals surface area contributed by atoms with Gasteiger partial charge in [0.25, 0.3) is 6.61 Å². The molecule has 0 aliphatic rings. The van der Waals surface area contributed by atoms with Crippen molar-refractivity contribution in [2.75, 3.05) is 0 Å². The van der Waals surface area contributed by atoms with E-state index >= 15 is 0 Å². The largest absolute Gasteiger partial charge is 0.460 e. The van der Waals surface area contributed by atoms with Crippen LogP contribution in [-0.2, 0) is 11.0 Å². The second-order valence-electron chi connectivity index (χ2n) is 1.39. The predicted molar refractivity (Wildman–Crippen MR) is 29.2 cm³/mol. The lowest BCUT2D eigenvalue weighted by atomic mass is 10.5. The Hall–Kier alpha value is -1.05. The van der Waals surface area contributed by atoms with Gasteiger partial charge in [-0.1, -0.05) is 0 Å². The van der Waals surface area contributed by atoms with E-state index in [2.05, 4.69) is 4.42 Å². The number of carbonyl (C=O) groups excluding carboxylic acids is 1. The number of hydrogen-bond donors (Lipinski definition) is 0. The summed E-state index contributed by atoms with van der Waals surface area (Å²) in [5, 5.41) is 0. The summed E-state index contributed by atoms with van der Waals surface area (Å²) in [6.07, 6.45) is 1.58. The van der Waals surface area contributed by atoms with Crippen molar-refractivity contribution in [2.24, 2.45) is 0 Å². The van der Waals surface area contributed by atoms with E-state index in [0.717, 1.165) is 5.76 Å². The van der Waals surface area contributed by atoms with E-state index in [1.807, 2.05) is 0 Å². The van der Waals surface area contributed by atoms with Crippen LogP contribution in [-0.4, -0.2) is 6.79 Å². The van der Waals surface area contributed by atoms with Crippen LogP contribution in [0, 0.1) is 0 Å². The number of rotatable bonds is 2. The molecule has 1 aromatic rings. The Morgan fingerprint density at radius 3 is 3.12 bits per heavy atom. The van der Waals surface area contributed by atoms with Crippen molar-refractivity contribution in [3.63, 3.8) is 0 Å². The zero-order valence-corrected chi connectivity index (χ0v) is 4.33. The number of furan rings is 1. The Kier molecular flexibility index (Phi) is 1.47. The molecule has 1 heterocycles. The van der Waals surface area contributed by atoms with Gasteiger partial charge in [-0.05, 0) is 18.9 Å². The van der Waals surface area contributed by atoms with Gasteiger partial charge in [0.2, 0.25) is 0 Å². The van der Waals surface area contributed by atoms with Crippen molar-refractivity contribution >= 4 is 6.79 Å². The van der Waals surface area contributed by atoms with Gasteiger partial charge in [0.05, 0.1) is 6.26 Å². The summed E-state index contributed by atoms with van der Waals surface area (Å²) < 4.78 is 9.16. The SMILES string of the molecule is [CH-]=[O+]Cc1ccco1. The van der Waals surface area contributed by atoms with Crippen LogP contribution < -0.4 is 0 Å². The van der Waals surface area contributed by atoms with Crippen LogP contribution in [0.25, 0.3) is 0 Å². The molecule has 1 rings (SSSR count). The molecule has 0 radical (unpaired) electrons. The maximum Gasteiger partial charge on any atom is 0.275 e. The molecule has 0 amide bonds. The molecular weight excluding hydrogens is 104 g/mol. The zero-order valence-electron chi connectivity index (χ0n) is 4.33. The van der Waals surface area contributed by atoms with Gasteiger partial charge in [-0.2, -0.15) is 0 Å². The van der Waals surface area contributed by atoms with Crippen LogP contribution in [0.1, 0.15) is 5.76 Å². The van der Waals surface area contributed by atoms with Crippen molar-refractivity contribution in [1.82, 2.24) is 0 Å². The fourth-order valence-corrected chi connectivity index (χ4v) is 0.477. The lowest BCUT2D eigenvalue weighted by molar-refractivity contribution is 0.0820. The fourth-order valence-electron chi connectivity index (χ4n) is 0.477. The van der Waals surface area contributed by atoms with Gasteiger partial charge in [-0.15, -0.1) is 0 Å². The van der Waals surface area contributed by atoms with E-state index in [0.29, 0.717) is 6.61 Å². The molecule has 0 aliphatic carbocycles. The smallest absolute Gasteiger partial charge is 0.275 e. The molecular formula is C6H6O2. The highest BCUT2D eigenvalue weighted by Crippen LogP contribution is 1.98. The van der Waals surface area contributed by atoms with E-state index in [1.165, 1.54) is 0 Å². The molecule has 2 nitrogen and oxygen atoms in total. The van der Waals surface area contributed by atoms with Crippen molar-refractivity contribution in [1.29, 1.82) is 0 Å². The van der Waals surface area contributed by atoms with Gasteiger partial charge in [-0.3, -0.25) is 0 Å². The van der Waals surface area contributed by atoms with Crippen LogP contribution in [0.3, 0.4) is 0 Å². The Morgan fingerprint density at radius 1 is 1.75 bits per heavy atom. The molecule has 0 aliphatic heterocycles. The quantitative estimate of drug-likeness (QED) is 0.317. The minimum atomic E-state index is 0.340. The van der Waals surface area contributed by atoms with Crippen LogP contribution in [0.2, 0.25) is 0 Å². The minimum absolute atomic E-state index is 0.340. The lowest BCUT2D eigenvalue weighted by Crippen LogP contribution is -1.75. The Bertz CT molecular complexity index is 153. The van der Waals surface area contributed by atoms with Crippen LogP contribution in [0.15, 0.2) is 22.8 Å².